The fraction of sp³-hybridized carbons (Fsp3) is 0.462. The van der Waals surface area contributed by atoms with Gasteiger partial charge < -0.3 is 10.2 Å². The summed E-state index contributed by atoms with van der Waals surface area (Å²) in [7, 11) is 0. The fourth-order valence-electron chi connectivity index (χ4n) is 2.44. The number of piperazine rings is 1. The van der Waals surface area contributed by atoms with Gasteiger partial charge in [0.2, 0.25) is 0 Å². The van der Waals surface area contributed by atoms with Gasteiger partial charge in [0, 0.05) is 45.1 Å². The predicted octanol–water partition coefficient (Wildman–Crippen LogP) is 0.782. The molecule has 1 aliphatic rings. The first kappa shape index (κ1) is 10.7. The molecule has 3 heterocycles. The van der Waals surface area contributed by atoms with E-state index in [9.17, 15) is 0 Å². The van der Waals surface area contributed by atoms with Crippen molar-refractivity contribution < 1.29 is 0 Å². The van der Waals surface area contributed by atoms with Crippen LogP contribution in [-0.4, -0.2) is 47.2 Å². The molecule has 0 aliphatic carbocycles. The first-order chi connectivity index (χ1) is 8.43. The van der Waals surface area contributed by atoms with Gasteiger partial charge in [-0.1, -0.05) is 6.07 Å². The zero-order valence-corrected chi connectivity index (χ0v) is 9.97. The Labute approximate surface area is 101 Å². The van der Waals surface area contributed by atoms with Crippen LogP contribution in [0, 0.1) is 0 Å². The van der Waals surface area contributed by atoms with Gasteiger partial charge in [-0.15, -0.1) is 0 Å². The van der Waals surface area contributed by atoms with Crippen molar-refractivity contribution in [1.29, 1.82) is 0 Å². The van der Waals surface area contributed by atoms with Gasteiger partial charge in [-0.25, -0.2) is 4.52 Å². The SMILES string of the molecule is c1cc(CCN2CCNCC2)c2ccnn2c1. The first-order valence-corrected chi connectivity index (χ1v) is 6.28. The van der Waals surface area contributed by atoms with Crippen LogP contribution in [0.1, 0.15) is 5.56 Å². The normalized spacial score (nSPS) is 17.6. The summed E-state index contributed by atoms with van der Waals surface area (Å²) in [4.78, 5) is 2.52. The van der Waals surface area contributed by atoms with Crippen LogP contribution in [0.4, 0.5) is 0 Å². The molecule has 0 aromatic carbocycles. The molecule has 0 amide bonds. The monoisotopic (exact) mass is 230 g/mol. The van der Waals surface area contributed by atoms with Gasteiger partial charge in [-0.3, -0.25) is 0 Å². The lowest BCUT2D eigenvalue weighted by Gasteiger charge is -2.27. The molecule has 0 radical (unpaired) electrons. The quantitative estimate of drug-likeness (QED) is 0.846. The van der Waals surface area contributed by atoms with Crippen LogP contribution in [-0.2, 0) is 6.42 Å². The number of rotatable bonds is 3. The minimum absolute atomic E-state index is 1.11. The Morgan fingerprint density at radius 3 is 3.00 bits per heavy atom. The molecule has 1 fully saturated rings. The van der Waals surface area contributed by atoms with E-state index in [-0.39, 0.29) is 0 Å². The smallest absolute Gasteiger partial charge is 0.0693 e. The maximum Gasteiger partial charge on any atom is 0.0693 e. The summed E-state index contributed by atoms with van der Waals surface area (Å²) in [5.41, 5.74) is 2.63. The average Bonchev–Trinajstić information content (AvgIpc) is 2.86. The Kier molecular flexibility index (Phi) is 3.07. The number of nitrogens with zero attached hydrogens (tertiary/aromatic N) is 3. The highest BCUT2D eigenvalue weighted by atomic mass is 15.2. The Balaban J connectivity index is 1.69. The Hall–Kier alpha value is -1.39. The molecule has 1 saturated heterocycles. The van der Waals surface area contributed by atoms with Crippen LogP contribution in [0.15, 0.2) is 30.6 Å². The lowest BCUT2D eigenvalue weighted by molar-refractivity contribution is 0.244. The molecule has 0 spiro atoms. The number of aromatic nitrogens is 2. The highest BCUT2D eigenvalue weighted by molar-refractivity contribution is 5.53. The number of hydrogen-bond donors (Lipinski definition) is 1. The van der Waals surface area contributed by atoms with Gasteiger partial charge >= 0.3 is 0 Å². The minimum atomic E-state index is 1.11. The topological polar surface area (TPSA) is 32.6 Å². The molecule has 0 bridgehead atoms. The molecule has 17 heavy (non-hydrogen) atoms. The molecule has 90 valence electrons. The van der Waals surface area contributed by atoms with Gasteiger partial charge in [0.25, 0.3) is 0 Å². The third-order valence-electron chi connectivity index (χ3n) is 3.43. The van der Waals surface area contributed by atoms with E-state index >= 15 is 0 Å². The summed E-state index contributed by atoms with van der Waals surface area (Å²) in [6.07, 6.45) is 4.98. The zero-order chi connectivity index (χ0) is 11.5. The van der Waals surface area contributed by atoms with Crippen molar-refractivity contribution in [2.24, 2.45) is 0 Å². The molecular weight excluding hydrogens is 212 g/mol. The second-order valence-corrected chi connectivity index (χ2v) is 4.54. The number of hydrogen-bond acceptors (Lipinski definition) is 3. The molecule has 0 atom stereocenters. The Morgan fingerprint density at radius 1 is 1.24 bits per heavy atom. The van der Waals surface area contributed by atoms with Crippen molar-refractivity contribution in [3.63, 3.8) is 0 Å². The minimum Gasteiger partial charge on any atom is -0.314 e. The summed E-state index contributed by atoms with van der Waals surface area (Å²) in [6, 6.07) is 6.37. The van der Waals surface area contributed by atoms with Crippen LogP contribution >= 0.6 is 0 Å². The van der Waals surface area contributed by atoms with Crippen molar-refractivity contribution in [2.75, 3.05) is 32.7 Å². The van der Waals surface area contributed by atoms with Crippen molar-refractivity contribution in [2.45, 2.75) is 6.42 Å². The molecule has 0 saturated carbocycles. The molecule has 0 unspecified atom stereocenters. The highest BCUT2D eigenvalue weighted by Gasteiger charge is 2.10. The van der Waals surface area contributed by atoms with E-state index in [0.717, 1.165) is 26.1 Å². The summed E-state index contributed by atoms with van der Waals surface area (Å²) < 4.78 is 1.95. The second kappa shape index (κ2) is 4.85. The van der Waals surface area contributed by atoms with Crippen LogP contribution in [0.2, 0.25) is 0 Å². The van der Waals surface area contributed by atoms with E-state index in [1.54, 1.807) is 0 Å². The maximum atomic E-state index is 4.27. The molecule has 1 aliphatic heterocycles. The predicted molar refractivity (Wildman–Crippen MR) is 68.2 cm³/mol. The van der Waals surface area contributed by atoms with Crippen molar-refractivity contribution in [1.82, 2.24) is 19.8 Å². The number of fused-ring (bicyclic) bond motifs is 1. The summed E-state index contributed by atoms with van der Waals surface area (Å²) in [5, 5.41) is 7.65. The number of nitrogens with one attached hydrogen (secondary N) is 1. The van der Waals surface area contributed by atoms with E-state index < -0.39 is 0 Å². The van der Waals surface area contributed by atoms with Crippen molar-refractivity contribution in [3.05, 3.63) is 36.2 Å². The van der Waals surface area contributed by atoms with E-state index in [1.165, 1.54) is 24.2 Å². The van der Waals surface area contributed by atoms with Crippen molar-refractivity contribution >= 4 is 5.52 Å². The molecule has 2 aromatic rings. The summed E-state index contributed by atoms with van der Waals surface area (Å²) in [6.45, 7) is 5.73. The maximum absolute atomic E-state index is 4.27. The fourth-order valence-corrected chi connectivity index (χ4v) is 2.44. The van der Waals surface area contributed by atoms with Gasteiger partial charge in [-0.2, -0.15) is 5.10 Å². The van der Waals surface area contributed by atoms with Crippen LogP contribution < -0.4 is 5.32 Å². The van der Waals surface area contributed by atoms with Crippen LogP contribution in [0.3, 0.4) is 0 Å². The molecule has 4 nitrogen and oxygen atoms in total. The zero-order valence-electron chi connectivity index (χ0n) is 9.97. The molecule has 3 rings (SSSR count). The van der Waals surface area contributed by atoms with Crippen molar-refractivity contribution in [3.8, 4) is 0 Å². The average molecular weight is 230 g/mol. The van der Waals surface area contributed by atoms with Gasteiger partial charge in [0.05, 0.1) is 5.52 Å². The Bertz CT molecular complexity index is 485. The van der Waals surface area contributed by atoms with E-state index in [1.807, 2.05) is 16.9 Å². The molecular formula is C13H18N4. The van der Waals surface area contributed by atoms with Gasteiger partial charge in [0.1, 0.15) is 0 Å². The Morgan fingerprint density at radius 2 is 2.12 bits per heavy atom. The van der Waals surface area contributed by atoms with E-state index in [4.69, 9.17) is 0 Å². The van der Waals surface area contributed by atoms with Crippen LogP contribution in [0.5, 0.6) is 0 Å². The van der Waals surface area contributed by atoms with E-state index in [0.29, 0.717) is 0 Å². The first-order valence-electron chi connectivity index (χ1n) is 6.28. The third kappa shape index (κ3) is 2.33. The van der Waals surface area contributed by atoms with E-state index in [2.05, 4.69) is 33.5 Å². The van der Waals surface area contributed by atoms with Crippen LogP contribution in [0.25, 0.3) is 5.52 Å². The standard InChI is InChI=1S/C13H18N4/c1-2-12(13-3-5-15-17(13)8-1)4-9-16-10-6-14-7-11-16/h1-3,5,8,14H,4,6-7,9-11H2. The summed E-state index contributed by atoms with van der Waals surface area (Å²) in [5.74, 6) is 0. The molecule has 2 aromatic heterocycles. The molecule has 4 heteroatoms. The molecule has 1 N–H and O–H groups in total. The third-order valence-corrected chi connectivity index (χ3v) is 3.43. The highest BCUT2D eigenvalue weighted by Crippen LogP contribution is 2.11. The van der Waals surface area contributed by atoms with Gasteiger partial charge in [0.15, 0.2) is 0 Å². The second-order valence-electron chi connectivity index (χ2n) is 4.54. The number of pyridine rings is 1. The summed E-state index contributed by atoms with van der Waals surface area (Å²) >= 11 is 0. The van der Waals surface area contributed by atoms with Gasteiger partial charge in [-0.05, 0) is 24.1 Å². The largest absolute Gasteiger partial charge is 0.314 e. The lowest BCUT2D eigenvalue weighted by Crippen LogP contribution is -2.44. The lowest BCUT2D eigenvalue weighted by atomic mass is 10.1.